The maximum atomic E-state index is 11.1. The predicted molar refractivity (Wildman–Crippen MR) is 66.8 cm³/mol. The Hall–Kier alpha value is -1.78. The van der Waals surface area contributed by atoms with Crippen LogP contribution in [0.2, 0.25) is 0 Å². The molecule has 0 aliphatic rings. The fourth-order valence-corrected chi connectivity index (χ4v) is 1.50. The van der Waals surface area contributed by atoms with Gasteiger partial charge in [0.1, 0.15) is 0 Å². The van der Waals surface area contributed by atoms with Crippen LogP contribution >= 0.6 is 0 Å². The highest BCUT2D eigenvalue weighted by atomic mass is 16.5. The summed E-state index contributed by atoms with van der Waals surface area (Å²) >= 11 is 0. The highest BCUT2D eigenvalue weighted by Gasteiger charge is 2.05. The number of carbonyl (C=O) groups excluding carboxylic acids is 1. The lowest BCUT2D eigenvalue weighted by molar-refractivity contribution is -0.136. The maximum absolute atomic E-state index is 11.1. The molecule has 0 saturated carbocycles. The molecule has 0 aromatic carbocycles. The highest BCUT2D eigenvalue weighted by Crippen LogP contribution is 2.13. The van der Waals surface area contributed by atoms with Crippen LogP contribution in [0.1, 0.15) is 19.5 Å². The molecule has 1 rings (SSSR count). The number of nitrogens with zero attached hydrogens (tertiary/aromatic N) is 2. The number of ether oxygens (including phenoxy) is 1. The second-order valence-electron chi connectivity index (χ2n) is 3.78. The van der Waals surface area contributed by atoms with Crippen LogP contribution in [0.3, 0.4) is 0 Å². The van der Waals surface area contributed by atoms with Gasteiger partial charge in [-0.15, -0.1) is 0 Å². The zero-order valence-corrected chi connectivity index (χ0v) is 10.8. The second kappa shape index (κ2) is 6.08. The highest BCUT2D eigenvalue weighted by molar-refractivity contribution is 5.87. The largest absolute Gasteiger partial charge is 0.466 e. The Morgan fingerprint density at radius 2 is 2.35 bits per heavy atom. The van der Waals surface area contributed by atoms with Crippen LogP contribution in [0, 0.1) is 0 Å². The molecule has 5 heteroatoms. The Balaban J connectivity index is 2.58. The Morgan fingerprint density at radius 1 is 1.65 bits per heavy atom. The van der Waals surface area contributed by atoms with Gasteiger partial charge in [0, 0.05) is 25.4 Å². The molecule has 0 fully saturated rings. The SMILES string of the molecule is CCc1nn(C)cc1NC/C=C(/C)C(=O)OC. The van der Waals surface area contributed by atoms with Gasteiger partial charge in [0.15, 0.2) is 0 Å². The van der Waals surface area contributed by atoms with Crippen LogP contribution in [-0.4, -0.2) is 29.4 Å². The average molecular weight is 237 g/mol. The lowest BCUT2D eigenvalue weighted by Crippen LogP contribution is -2.05. The van der Waals surface area contributed by atoms with Gasteiger partial charge in [-0.2, -0.15) is 5.10 Å². The first kappa shape index (κ1) is 13.3. The minimum Gasteiger partial charge on any atom is -0.466 e. The lowest BCUT2D eigenvalue weighted by atomic mass is 10.2. The number of hydrogen-bond donors (Lipinski definition) is 1. The molecule has 0 aliphatic carbocycles. The molecule has 1 aromatic heterocycles. The normalized spacial score (nSPS) is 11.4. The molecule has 0 radical (unpaired) electrons. The molecule has 0 amide bonds. The number of anilines is 1. The van der Waals surface area contributed by atoms with E-state index in [9.17, 15) is 4.79 Å². The van der Waals surface area contributed by atoms with Gasteiger partial charge in [-0.3, -0.25) is 4.68 Å². The first-order valence-corrected chi connectivity index (χ1v) is 5.60. The second-order valence-corrected chi connectivity index (χ2v) is 3.78. The number of rotatable bonds is 5. The van der Waals surface area contributed by atoms with Crippen LogP contribution in [0.4, 0.5) is 5.69 Å². The number of aromatic nitrogens is 2. The van der Waals surface area contributed by atoms with Crippen molar-refractivity contribution in [3.8, 4) is 0 Å². The minimum atomic E-state index is -0.297. The zero-order valence-electron chi connectivity index (χ0n) is 10.8. The van der Waals surface area contributed by atoms with Gasteiger partial charge in [0.25, 0.3) is 0 Å². The molecule has 0 atom stereocenters. The fraction of sp³-hybridized carbons (Fsp3) is 0.500. The van der Waals surface area contributed by atoms with Crippen LogP contribution in [0.15, 0.2) is 17.8 Å². The third-order valence-corrected chi connectivity index (χ3v) is 2.45. The molecule has 0 bridgehead atoms. The molecule has 5 nitrogen and oxygen atoms in total. The van der Waals surface area contributed by atoms with E-state index in [1.54, 1.807) is 17.7 Å². The van der Waals surface area contributed by atoms with E-state index >= 15 is 0 Å². The van der Waals surface area contributed by atoms with Gasteiger partial charge in [0.2, 0.25) is 0 Å². The summed E-state index contributed by atoms with van der Waals surface area (Å²) in [7, 11) is 3.27. The molecule has 0 aliphatic heterocycles. The third kappa shape index (κ3) is 3.62. The summed E-state index contributed by atoms with van der Waals surface area (Å²) in [5.41, 5.74) is 2.63. The van der Waals surface area contributed by atoms with E-state index in [1.807, 2.05) is 13.2 Å². The summed E-state index contributed by atoms with van der Waals surface area (Å²) in [6.45, 7) is 4.38. The molecule has 0 saturated heterocycles. The Labute approximate surface area is 101 Å². The summed E-state index contributed by atoms with van der Waals surface area (Å²) in [5, 5.41) is 7.55. The molecule has 0 unspecified atom stereocenters. The molecule has 17 heavy (non-hydrogen) atoms. The monoisotopic (exact) mass is 237 g/mol. The van der Waals surface area contributed by atoms with Crippen molar-refractivity contribution in [1.82, 2.24) is 9.78 Å². The first-order valence-electron chi connectivity index (χ1n) is 5.60. The van der Waals surface area contributed by atoms with Crippen molar-refractivity contribution in [3.63, 3.8) is 0 Å². The predicted octanol–water partition coefficient (Wildman–Crippen LogP) is 1.51. The van der Waals surface area contributed by atoms with Crippen LogP contribution in [0.5, 0.6) is 0 Å². The van der Waals surface area contributed by atoms with Crippen LogP contribution < -0.4 is 5.32 Å². The van der Waals surface area contributed by atoms with Crippen LogP contribution in [0.25, 0.3) is 0 Å². The topological polar surface area (TPSA) is 56.2 Å². The lowest BCUT2D eigenvalue weighted by Gasteiger charge is -2.03. The number of esters is 1. The summed E-state index contributed by atoms with van der Waals surface area (Å²) in [5.74, 6) is -0.297. The molecular formula is C12H19N3O2. The van der Waals surface area contributed by atoms with E-state index in [4.69, 9.17) is 0 Å². The van der Waals surface area contributed by atoms with E-state index in [-0.39, 0.29) is 5.97 Å². The first-order chi connectivity index (χ1) is 8.08. The van der Waals surface area contributed by atoms with Gasteiger partial charge in [-0.05, 0) is 13.3 Å². The number of carbonyl (C=O) groups is 1. The van der Waals surface area contributed by atoms with E-state index in [1.165, 1.54) is 7.11 Å². The van der Waals surface area contributed by atoms with Gasteiger partial charge in [-0.1, -0.05) is 13.0 Å². The zero-order chi connectivity index (χ0) is 12.8. The van der Waals surface area contributed by atoms with Gasteiger partial charge < -0.3 is 10.1 Å². The number of aryl methyl sites for hydroxylation is 2. The Morgan fingerprint density at radius 3 is 2.94 bits per heavy atom. The van der Waals surface area contributed by atoms with Crippen molar-refractivity contribution in [2.24, 2.45) is 7.05 Å². The quantitative estimate of drug-likeness (QED) is 0.623. The summed E-state index contributed by atoms with van der Waals surface area (Å²) in [4.78, 5) is 11.1. The third-order valence-electron chi connectivity index (χ3n) is 2.45. The molecule has 1 heterocycles. The maximum Gasteiger partial charge on any atom is 0.333 e. The summed E-state index contributed by atoms with van der Waals surface area (Å²) in [6, 6.07) is 0. The number of nitrogens with one attached hydrogen (secondary N) is 1. The van der Waals surface area contributed by atoms with Crippen molar-refractivity contribution in [1.29, 1.82) is 0 Å². The minimum absolute atomic E-state index is 0.297. The van der Waals surface area contributed by atoms with E-state index in [0.29, 0.717) is 12.1 Å². The molecule has 1 N–H and O–H groups in total. The number of methoxy groups -OCH3 is 1. The van der Waals surface area contributed by atoms with E-state index in [0.717, 1.165) is 17.8 Å². The average Bonchev–Trinajstić information content (AvgIpc) is 2.68. The fourth-order valence-electron chi connectivity index (χ4n) is 1.50. The molecule has 0 spiro atoms. The van der Waals surface area contributed by atoms with Gasteiger partial charge in [-0.25, -0.2) is 4.79 Å². The smallest absolute Gasteiger partial charge is 0.333 e. The number of hydrogen-bond acceptors (Lipinski definition) is 4. The molecule has 94 valence electrons. The van der Waals surface area contributed by atoms with Gasteiger partial charge in [0.05, 0.1) is 18.5 Å². The van der Waals surface area contributed by atoms with Crippen molar-refractivity contribution in [2.75, 3.05) is 19.0 Å². The van der Waals surface area contributed by atoms with Crippen molar-refractivity contribution in [3.05, 3.63) is 23.5 Å². The molecular weight excluding hydrogens is 218 g/mol. The standard InChI is InChI=1S/C12H19N3O2/c1-5-10-11(8-15(3)14-10)13-7-6-9(2)12(16)17-4/h6,8,13H,5,7H2,1-4H3/b9-6-. The van der Waals surface area contributed by atoms with Crippen molar-refractivity contribution in [2.45, 2.75) is 20.3 Å². The van der Waals surface area contributed by atoms with Crippen LogP contribution in [-0.2, 0) is 23.0 Å². The van der Waals surface area contributed by atoms with Gasteiger partial charge >= 0.3 is 5.97 Å². The molecule has 1 aromatic rings. The van der Waals surface area contributed by atoms with E-state index < -0.39 is 0 Å². The van der Waals surface area contributed by atoms with E-state index in [2.05, 4.69) is 22.1 Å². The Kier molecular flexibility index (Phi) is 4.75. The van der Waals surface area contributed by atoms with Crippen molar-refractivity contribution < 1.29 is 9.53 Å². The summed E-state index contributed by atoms with van der Waals surface area (Å²) in [6.07, 6.45) is 4.61. The van der Waals surface area contributed by atoms with Crippen molar-refractivity contribution >= 4 is 11.7 Å². The Bertz CT molecular complexity index is 421. The summed E-state index contributed by atoms with van der Waals surface area (Å²) < 4.78 is 6.39.